The molecule has 0 bridgehead atoms. The van der Waals surface area contributed by atoms with Crippen LogP contribution in [-0.2, 0) is 0 Å². The minimum atomic E-state index is 0.674. The highest BCUT2D eigenvalue weighted by Gasteiger charge is 2.04. The molecule has 2 radical (unpaired) electrons. The van der Waals surface area contributed by atoms with Gasteiger partial charge in [0.2, 0.25) is 0 Å². The molecule has 1 aromatic rings. The van der Waals surface area contributed by atoms with Gasteiger partial charge in [-0.25, -0.2) is 0 Å². The van der Waals surface area contributed by atoms with Gasteiger partial charge < -0.3 is 0 Å². The van der Waals surface area contributed by atoms with Crippen LogP contribution in [-0.4, -0.2) is 0 Å². The Morgan fingerprint density at radius 3 is 2.45 bits per heavy atom. The first-order chi connectivity index (χ1) is 5.38. The summed E-state index contributed by atoms with van der Waals surface area (Å²) >= 11 is 0. The van der Waals surface area contributed by atoms with Crippen LogP contribution in [0.15, 0.2) is 18.2 Å². The Balaban J connectivity index is 2.74. The van der Waals surface area contributed by atoms with Crippen LogP contribution in [0.5, 0.6) is 0 Å². The van der Waals surface area contributed by atoms with Crippen LogP contribution in [0.2, 0.25) is 0 Å². The van der Waals surface area contributed by atoms with Gasteiger partial charge >= 0.3 is 0 Å². The van der Waals surface area contributed by atoms with Gasteiger partial charge in [-0.1, -0.05) is 32.0 Å². The molecule has 0 aromatic heterocycles. The van der Waals surface area contributed by atoms with Crippen molar-refractivity contribution in [3.05, 3.63) is 35.9 Å². The van der Waals surface area contributed by atoms with Crippen molar-refractivity contribution >= 4 is 0 Å². The summed E-state index contributed by atoms with van der Waals surface area (Å²) in [7, 11) is 0. The first kappa shape index (κ1) is 8.32. The molecule has 0 spiro atoms. The molecule has 11 heavy (non-hydrogen) atoms. The predicted octanol–water partition coefficient (Wildman–Crippen LogP) is 3.19. The molecule has 58 valence electrons. The Morgan fingerprint density at radius 1 is 1.27 bits per heavy atom. The van der Waals surface area contributed by atoms with Crippen molar-refractivity contribution in [3.63, 3.8) is 0 Å². The molecular formula is C11H14. The fraction of sp³-hybridized carbons (Fsp3) is 0.455. The van der Waals surface area contributed by atoms with Gasteiger partial charge in [0.15, 0.2) is 0 Å². The molecule has 1 rings (SSSR count). The minimum absolute atomic E-state index is 0.674. The Morgan fingerprint density at radius 2 is 2.00 bits per heavy atom. The summed E-state index contributed by atoms with van der Waals surface area (Å²) in [4.78, 5) is 0. The van der Waals surface area contributed by atoms with Gasteiger partial charge in [0, 0.05) is 0 Å². The maximum Gasteiger partial charge on any atom is -0.0146 e. The Hall–Kier alpha value is -0.780. The van der Waals surface area contributed by atoms with Crippen LogP contribution >= 0.6 is 0 Å². The molecule has 0 N–H and O–H groups in total. The maximum absolute atomic E-state index is 3.24. The zero-order valence-corrected chi connectivity index (χ0v) is 7.22. The lowest BCUT2D eigenvalue weighted by Crippen LogP contribution is -1.94. The van der Waals surface area contributed by atoms with Gasteiger partial charge in [-0.2, -0.15) is 0 Å². The number of hydrogen-bond donors (Lipinski definition) is 0. The molecule has 0 atom stereocenters. The summed E-state index contributed by atoms with van der Waals surface area (Å²) < 4.78 is 0. The summed E-state index contributed by atoms with van der Waals surface area (Å²) in [5.41, 5.74) is 1.30. The molecule has 0 saturated heterocycles. The average molecular weight is 146 g/mol. The van der Waals surface area contributed by atoms with E-state index in [0.29, 0.717) is 5.92 Å². The fourth-order valence-electron chi connectivity index (χ4n) is 1.33. The fourth-order valence-corrected chi connectivity index (χ4v) is 1.33. The van der Waals surface area contributed by atoms with Gasteiger partial charge in [-0.15, -0.1) is 0 Å². The van der Waals surface area contributed by atoms with E-state index in [9.17, 15) is 0 Å². The van der Waals surface area contributed by atoms with E-state index in [0.717, 1.165) is 0 Å². The van der Waals surface area contributed by atoms with Crippen molar-refractivity contribution in [2.24, 2.45) is 0 Å². The first-order valence-electron chi connectivity index (χ1n) is 4.26. The molecule has 1 aromatic carbocycles. The molecule has 0 heterocycles. The van der Waals surface area contributed by atoms with Crippen LogP contribution < -0.4 is 0 Å². The Labute approximate surface area is 69.3 Å². The van der Waals surface area contributed by atoms with Crippen LogP contribution in [0.1, 0.15) is 38.2 Å². The molecule has 0 aliphatic carbocycles. The van der Waals surface area contributed by atoms with Crippen LogP contribution in [0.4, 0.5) is 0 Å². The third kappa shape index (κ3) is 2.07. The monoisotopic (exact) mass is 146 g/mol. The lowest BCUT2D eigenvalue weighted by Gasteiger charge is -2.10. The SMILES string of the molecule is CCC(CC)c1[c]cc[c]c1. The van der Waals surface area contributed by atoms with E-state index in [1.165, 1.54) is 18.4 Å². The molecule has 0 amide bonds. The van der Waals surface area contributed by atoms with Crippen LogP contribution in [0.25, 0.3) is 0 Å². The lowest BCUT2D eigenvalue weighted by atomic mass is 9.94. The average Bonchev–Trinajstić information content (AvgIpc) is 2.09. The van der Waals surface area contributed by atoms with E-state index in [2.05, 4.69) is 26.0 Å². The van der Waals surface area contributed by atoms with Gasteiger partial charge in [-0.05, 0) is 36.5 Å². The lowest BCUT2D eigenvalue weighted by molar-refractivity contribution is 0.641. The van der Waals surface area contributed by atoms with Crippen molar-refractivity contribution in [1.29, 1.82) is 0 Å². The molecule has 0 aliphatic heterocycles. The van der Waals surface area contributed by atoms with Crippen molar-refractivity contribution < 1.29 is 0 Å². The van der Waals surface area contributed by atoms with E-state index >= 15 is 0 Å². The Kier molecular flexibility index (Phi) is 3.15. The van der Waals surface area contributed by atoms with Crippen molar-refractivity contribution in [2.75, 3.05) is 0 Å². The van der Waals surface area contributed by atoms with Crippen molar-refractivity contribution in [1.82, 2.24) is 0 Å². The molecular weight excluding hydrogens is 132 g/mol. The standard InChI is InChI=1S/C11H14/c1-3-10(4-2)11-8-6-5-7-9-11/h5-6,9-10H,3-4H2,1-2H3. The third-order valence-corrected chi connectivity index (χ3v) is 2.09. The van der Waals surface area contributed by atoms with Crippen molar-refractivity contribution in [3.8, 4) is 0 Å². The van der Waals surface area contributed by atoms with E-state index in [1.54, 1.807) is 0 Å². The summed E-state index contributed by atoms with van der Waals surface area (Å²) in [5.74, 6) is 0.674. The van der Waals surface area contributed by atoms with Crippen LogP contribution in [0, 0.1) is 12.1 Å². The van der Waals surface area contributed by atoms with Crippen LogP contribution in [0.3, 0.4) is 0 Å². The quantitative estimate of drug-likeness (QED) is 0.614. The highest BCUT2D eigenvalue weighted by molar-refractivity contribution is 5.16. The van der Waals surface area contributed by atoms with E-state index < -0.39 is 0 Å². The number of benzene rings is 1. The smallest absolute Gasteiger partial charge is 0.0146 e. The zero-order chi connectivity index (χ0) is 8.10. The second-order valence-corrected chi connectivity index (χ2v) is 2.76. The second kappa shape index (κ2) is 4.17. The number of hydrogen-bond acceptors (Lipinski definition) is 0. The molecule has 0 aliphatic rings. The topological polar surface area (TPSA) is 0 Å². The van der Waals surface area contributed by atoms with E-state index in [4.69, 9.17) is 0 Å². The predicted molar refractivity (Wildman–Crippen MR) is 47.4 cm³/mol. The summed E-state index contributed by atoms with van der Waals surface area (Å²) in [5, 5.41) is 0. The largest absolute Gasteiger partial charge is 0.0648 e. The summed E-state index contributed by atoms with van der Waals surface area (Å²) in [6, 6.07) is 12.2. The van der Waals surface area contributed by atoms with Gasteiger partial charge in [0.25, 0.3) is 0 Å². The number of rotatable bonds is 3. The summed E-state index contributed by atoms with van der Waals surface area (Å²) in [6.45, 7) is 4.43. The third-order valence-electron chi connectivity index (χ3n) is 2.09. The van der Waals surface area contributed by atoms with E-state index in [-0.39, 0.29) is 0 Å². The van der Waals surface area contributed by atoms with Gasteiger partial charge in [0.1, 0.15) is 0 Å². The molecule has 0 nitrogen and oxygen atoms in total. The van der Waals surface area contributed by atoms with Gasteiger partial charge in [0.05, 0.1) is 0 Å². The first-order valence-corrected chi connectivity index (χ1v) is 4.26. The highest BCUT2D eigenvalue weighted by Crippen LogP contribution is 2.21. The zero-order valence-electron chi connectivity index (χ0n) is 7.22. The van der Waals surface area contributed by atoms with E-state index in [1.807, 2.05) is 18.2 Å². The Bertz CT molecular complexity index is 184. The molecule has 0 saturated carbocycles. The minimum Gasteiger partial charge on any atom is -0.0648 e. The summed E-state index contributed by atoms with van der Waals surface area (Å²) in [6.07, 6.45) is 2.40. The maximum atomic E-state index is 3.24. The van der Waals surface area contributed by atoms with Crippen molar-refractivity contribution in [2.45, 2.75) is 32.6 Å². The molecule has 0 heteroatoms. The molecule has 0 fully saturated rings. The highest BCUT2D eigenvalue weighted by atomic mass is 14.1. The normalized spacial score (nSPS) is 10.5. The second-order valence-electron chi connectivity index (χ2n) is 2.76. The molecule has 0 unspecified atom stereocenters. The van der Waals surface area contributed by atoms with Gasteiger partial charge in [-0.3, -0.25) is 0 Å².